The average molecular weight is 247 g/mol. The number of hydrogen-bond donors (Lipinski definition) is 1. The van der Waals surface area contributed by atoms with Crippen LogP contribution in [0.15, 0.2) is 12.1 Å². The highest BCUT2D eigenvalue weighted by molar-refractivity contribution is 5.66. The Morgan fingerprint density at radius 2 is 2.17 bits per heavy atom. The minimum Gasteiger partial charge on any atom is -0.481 e. The SMILES string of the molecule is Cc1ccc(-c2nnnn2CCC(=O)O)c(C)n1. The summed E-state index contributed by atoms with van der Waals surface area (Å²) in [5, 5.41) is 20.0. The molecule has 0 aliphatic rings. The normalized spacial score (nSPS) is 10.6. The molecule has 94 valence electrons. The minimum atomic E-state index is -0.879. The standard InChI is InChI=1S/C11H13N5O2/c1-7-3-4-9(8(2)12-7)11-13-14-15-16(11)6-5-10(17)18/h3-4H,5-6H2,1-2H3,(H,17,18). The summed E-state index contributed by atoms with van der Waals surface area (Å²) in [6, 6.07) is 3.76. The predicted octanol–water partition coefficient (Wildman–Crippen LogP) is 0.827. The van der Waals surface area contributed by atoms with Gasteiger partial charge in [-0.2, -0.15) is 0 Å². The van der Waals surface area contributed by atoms with Gasteiger partial charge in [-0.05, 0) is 36.4 Å². The molecule has 0 saturated carbocycles. The van der Waals surface area contributed by atoms with Crippen LogP contribution in [0.2, 0.25) is 0 Å². The van der Waals surface area contributed by atoms with Crippen molar-refractivity contribution in [2.24, 2.45) is 0 Å². The van der Waals surface area contributed by atoms with Crippen molar-refractivity contribution in [1.82, 2.24) is 25.2 Å². The zero-order chi connectivity index (χ0) is 13.1. The van der Waals surface area contributed by atoms with Gasteiger partial charge in [-0.1, -0.05) is 0 Å². The van der Waals surface area contributed by atoms with Gasteiger partial charge in [-0.15, -0.1) is 5.10 Å². The third-order valence-corrected chi connectivity index (χ3v) is 2.54. The number of carboxylic acids is 1. The lowest BCUT2D eigenvalue weighted by atomic mass is 10.2. The number of pyridine rings is 1. The fourth-order valence-corrected chi connectivity index (χ4v) is 1.67. The second kappa shape index (κ2) is 4.91. The molecule has 0 unspecified atom stereocenters. The molecule has 2 aromatic heterocycles. The van der Waals surface area contributed by atoms with Crippen LogP contribution in [-0.4, -0.2) is 36.3 Å². The molecule has 18 heavy (non-hydrogen) atoms. The highest BCUT2D eigenvalue weighted by Gasteiger charge is 2.12. The van der Waals surface area contributed by atoms with Crippen molar-refractivity contribution in [3.05, 3.63) is 23.5 Å². The van der Waals surface area contributed by atoms with Gasteiger partial charge in [-0.3, -0.25) is 9.78 Å². The number of aromatic nitrogens is 5. The second-order valence-electron chi connectivity index (χ2n) is 3.95. The summed E-state index contributed by atoms with van der Waals surface area (Å²) in [5.74, 6) is -0.337. The van der Waals surface area contributed by atoms with E-state index >= 15 is 0 Å². The number of carbonyl (C=O) groups is 1. The van der Waals surface area contributed by atoms with Gasteiger partial charge in [0.2, 0.25) is 0 Å². The van der Waals surface area contributed by atoms with Crippen LogP contribution in [0.3, 0.4) is 0 Å². The summed E-state index contributed by atoms with van der Waals surface area (Å²) in [7, 11) is 0. The van der Waals surface area contributed by atoms with Crippen LogP contribution in [0.4, 0.5) is 0 Å². The Morgan fingerprint density at radius 3 is 2.83 bits per heavy atom. The van der Waals surface area contributed by atoms with Gasteiger partial charge >= 0.3 is 5.97 Å². The van der Waals surface area contributed by atoms with Gasteiger partial charge < -0.3 is 5.11 Å². The van der Waals surface area contributed by atoms with Crippen LogP contribution < -0.4 is 0 Å². The van der Waals surface area contributed by atoms with Crippen LogP contribution in [0, 0.1) is 13.8 Å². The first-order valence-electron chi connectivity index (χ1n) is 5.50. The van der Waals surface area contributed by atoms with E-state index in [1.54, 1.807) is 0 Å². The molecule has 7 heteroatoms. The molecule has 0 fully saturated rings. The maximum Gasteiger partial charge on any atom is 0.305 e. The molecule has 0 saturated heterocycles. The number of hydrogen-bond acceptors (Lipinski definition) is 5. The Kier molecular flexibility index (Phi) is 3.31. The summed E-state index contributed by atoms with van der Waals surface area (Å²) < 4.78 is 1.48. The zero-order valence-corrected chi connectivity index (χ0v) is 10.2. The van der Waals surface area contributed by atoms with Crippen LogP contribution in [-0.2, 0) is 11.3 Å². The first-order chi connectivity index (χ1) is 8.58. The van der Waals surface area contributed by atoms with Crippen molar-refractivity contribution in [2.45, 2.75) is 26.8 Å². The molecule has 0 aliphatic heterocycles. The van der Waals surface area contributed by atoms with E-state index in [4.69, 9.17) is 5.11 Å². The van der Waals surface area contributed by atoms with E-state index in [9.17, 15) is 4.79 Å². The number of nitrogens with zero attached hydrogens (tertiary/aromatic N) is 5. The number of tetrazole rings is 1. The first kappa shape index (κ1) is 12.2. The molecule has 0 radical (unpaired) electrons. The van der Waals surface area contributed by atoms with E-state index < -0.39 is 5.97 Å². The Hall–Kier alpha value is -2.31. The molecule has 2 heterocycles. The van der Waals surface area contributed by atoms with Gasteiger partial charge in [-0.25, -0.2) is 4.68 Å². The van der Waals surface area contributed by atoms with E-state index in [0.29, 0.717) is 5.82 Å². The summed E-state index contributed by atoms with van der Waals surface area (Å²) in [6.45, 7) is 4.02. The van der Waals surface area contributed by atoms with Gasteiger partial charge in [0.1, 0.15) is 0 Å². The second-order valence-corrected chi connectivity index (χ2v) is 3.95. The lowest BCUT2D eigenvalue weighted by Gasteiger charge is -2.06. The summed E-state index contributed by atoms with van der Waals surface area (Å²) >= 11 is 0. The molecular weight excluding hydrogens is 234 g/mol. The number of rotatable bonds is 4. The minimum absolute atomic E-state index is 0.0175. The molecule has 0 amide bonds. The topological polar surface area (TPSA) is 93.8 Å². The fraction of sp³-hybridized carbons (Fsp3) is 0.364. The largest absolute Gasteiger partial charge is 0.481 e. The van der Waals surface area contributed by atoms with E-state index in [0.717, 1.165) is 17.0 Å². The molecule has 0 atom stereocenters. The molecule has 0 bridgehead atoms. The molecule has 7 nitrogen and oxygen atoms in total. The third-order valence-electron chi connectivity index (χ3n) is 2.54. The van der Waals surface area contributed by atoms with Crippen molar-refractivity contribution in [3.63, 3.8) is 0 Å². The predicted molar refractivity (Wildman–Crippen MR) is 62.8 cm³/mol. The molecule has 0 aromatic carbocycles. The van der Waals surface area contributed by atoms with Crippen molar-refractivity contribution in [3.8, 4) is 11.4 Å². The smallest absolute Gasteiger partial charge is 0.305 e. The molecule has 2 rings (SSSR count). The van der Waals surface area contributed by atoms with E-state index in [2.05, 4.69) is 20.5 Å². The van der Waals surface area contributed by atoms with Crippen molar-refractivity contribution in [1.29, 1.82) is 0 Å². The molecule has 2 aromatic rings. The van der Waals surface area contributed by atoms with Gasteiger partial charge in [0.05, 0.1) is 13.0 Å². The Bertz CT molecular complexity index is 579. The van der Waals surface area contributed by atoms with Crippen LogP contribution in [0.25, 0.3) is 11.4 Å². The highest BCUT2D eigenvalue weighted by Crippen LogP contribution is 2.19. The number of aryl methyl sites for hydroxylation is 3. The number of aliphatic carboxylic acids is 1. The first-order valence-corrected chi connectivity index (χ1v) is 5.50. The fourth-order valence-electron chi connectivity index (χ4n) is 1.67. The Labute approximate surface area is 103 Å². The maximum atomic E-state index is 10.6. The molecule has 0 spiro atoms. The van der Waals surface area contributed by atoms with E-state index in [1.807, 2.05) is 26.0 Å². The Balaban J connectivity index is 2.33. The van der Waals surface area contributed by atoms with Gasteiger partial charge in [0.15, 0.2) is 5.82 Å². The molecule has 1 N–H and O–H groups in total. The van der Waals surface area contributed by atoms with Crippen LogP contribution in [0.1, 0.15) is 17.8 Å². The van der Waals surface area contributed by atoms with Crippen LogP contribution >= 0.6 is 0 Å². The van der Waals surface area contributed by atoms with Crippen molar-refractivity contribution >= 4 is 5.97 Å². The summed E-state index contributed by atoms with van der Waals surface area (Å²) in [5.41, 5.74) is 2.55. The van der Waals surface area contributed by atoms with Crippen molar-refractivity contribution in [2.75, 3.05) is 0 Å². The third kappa shape index (κ3) is 2.50. The van der Waals surface area contributed by atoms with Gasteiger partial charge in [0.25, 0.3) is 0 Å². The summed E-state index contributed by atoms with van der Waals surface area (Å²) in [6.07, 6.45) is -0.0175. The molecular formula is C11H13N5O2. The zero-order valence-electron chi connectivity index (χ0n) is 10.2. The summed E-state index contributed by atoms with van der Waals surface area (Å²) in [4.78, 5) is 14.9. The van der Waals surface area contributed by atoms with E-state index in [-0.39, 0.29) is 13.0 Å². The lowest BCUT2D eigenvalue weighted by molar-refractivity contribution is -0.137. The quantitative estimate of drug-likeness (QED) is 0.859. The van der Waals surface area contributed by atoms with Crippen molar-refractivity contribution < 1.29 is 9.90 Å². The van der Waals surface area contributed by atoms with Crippen LogP contribution in [0.5, 0.6) is 0 Å². The monoisotopic (exact) mass is 247 g/mol. The average Bonchev–Trinajstić information content (AvgIpc) is 2.74. The van der Waals surface area contributed by atoms with E-state index in [1.165, 1.54) is 4.68 Å². The lowest BCUT2D eigenvalue weighted by Crippen LogP contribution is -2.08. The highest BCUT2D eigenvalue weighted by atomic mass is 16.4. The molecule has 0 aliphatic carbocycles. The maximum absolute atomic E-state index is 10.6. The Morgan fingerprint density at radius 1 is 1.39 bits per heavy atom. The number of carboxylic acid groups (broad SMARTS) is 1. The van der Waals surface area contributed by atoms with Gasteiger partial charge in [0, 0.05) is 17.0 Å².